The van der Waals surface area contributed by atoms with Crippen LogP contribution in [0.15, 0.2) is 64.2 Å². The average Bonchev–Trinajstić information content (AvgIpc) is 2.74. The van der Waals surface area contributed by atoms with Crippen LogP contribution in [0.4, 0.5) is 5.69 Å². The second kappa shape index (κ2) is 10.5. The van der Waals surface area contributed by atoms with Crippen LogP contribution < -0.4 is 16.8 Å². The van der Waals surface area contributed by atoms with E-state index in [0.717, 1.165) is 5.64 Å². The standard InChI is InChI=1S/C9H6N2O4.C9H7NO2.H3NO3/c12-8-5-3-1-2-4-6(5)10-9(13)7(8)11(14)15;11-8-5-9(12)10-7-4-2-1-3-6(7)8;2-1-4-3/h1-4H,(H2,10,12,13);1-5H,(H2,10,11,12);1-3H. The Morgan fingerprint density at radius 3 is 2.00 bits per heavy atom. The summed E-state index contributed by atoms with van der Waals surface area (Å²) in [5.74, 6) is -0.575. The zero-order valence-corrected chi connectivity index (χ0v) is 15.5. The van der Waals surface area contributed by atoms with Crippen LogP contribution in [-0.4, -0.2) is 35.6 Å². The van der Waals surface area contributed by atoms with Crippen LogP contribution in [0.2, 0.25) is 0 Å². The zero-order chi connectivity index (χ0) is 23.0. The molecular weight excluding hydrogens is 416 g/mol. The molecule has 0 bridgehead atoms. The van der Waals surface area contributed by atoms with E-state index in [-0.39, 0.29) is 16.7 Å². The first-order valence-electron chi connectivity index (χ1n) is 8.29. The highest BCUT2D eigenvalue weighted by Crippen LogP contribution is 2.28. The molecule has 2 heterocycles. The van der Waals surface area contributed by atoms with Crippen molar-refractivity contribution < 1.29 is 30.6 Å². The molecule has 4 aromatic rings. The Bertz CT molecular complexity index is 1310. The first-order chi connectivity index (χ1) is 14.8. The van der Waals surface area contributed by atoms with E-state index >= 15 is 0 Å². The highest BCUT2D eigenvalue weighted by molar-refractivity contribution is 5.87. The topological polar surface area (TPSA) is 211 Å². The number of rotatable bonds is 2. The lowest BCUT2D eigenvalue weighted by Crippen LogP contribution is -2.11. The van der Waals surface area contributed by atoms with Crippen molar-refractivity contribution in [3.63, 3.8) is 0 Å². The summed E-state index contributed by atoms with van der Waals surface area (Å²) in [7, 11) is 0. The Morgan fingerprint density at radius 2 is 1.45 bits per heavy atom. The van der Waals surface area contributed by atoms with Gasteiger partial charge in [0, 0.05) is 16.8 Å². The molecule has 162 valence electrons. The SMILES string of the molecule is O=c1[nH]c2ccccc2c(O)c1[N+](=O)[O-].O=c1cc(O)c2ccccc2[nH]1.ONOO. The highest BCUT2D eigenvalue weighted by Gasteiger charge is 2.21. The van der Waals surface area contributed by atoms with E-state index in [4.69, 9.17) is 10.5 Å². The molecule has 0 spiro atoms. The second-order valence-electron chi connectivity index (χ2n) is 5.70. The van der Waals surface area contributed by atoms with Gasteiger partial charge in [-0.05, 0) is 29.9 Å². The Balaban J connectivity index is 0.000000192. The highest BCUT2D eigenvalue weighted by atomic mass is 17.2. The van der Waals surface area contributed by atoms with Crippen molar-refractivity contribution in [1.29, 1.82) is 0 Å². The summed E-state index contributed by atoms with van der Waals surface area (Å²) in [5.41, 5.74) is -0.01000. The van der Waals surface area contributed by atoms with Crippen LogP contribution in [0.1, 0.15) is 0 Å². The summed E-state index contributed by atoms with van der Waals surface area (Å²) in [6, 6.07) is 14.6. The third-order valence-electron chi connectivity index (χ3n) is 3.82. The number of H-pyrrole nitrogens is 2. The lowest BCUT2D eigenvalue weighted by molar-refractivity contribution is -0.387. The summed E-state index contributed by atoms with van der Waals surface area (Å²) in [6.45, 7) is 0. The maximum Gasteiger partial charge on any atom is 0.375 e. The lowest BCUT2D eigenvalue weighted by Gasteiger charge is -2.00. The van der Waals surface area contributed by atoms with Gasteiger partial charge in [-0.3, -0.25) is 24.9 Å². The fraction of sp³-hybridized carbons (Fsp3) is 0. The zero-order valence-electron chi connectivity index (χ0n) is 15.5. The molecule has 0 atom stereocenters. The third-order valence-corrected chi connectivity index (χ3v) is 3.82. The molecule has 0 aliphatic rings. The van der Waals surface area contributed by atoms with Crippen LogP contribution in [0.3, 0.4) is 0 Å². The molecule has 0 radical (unpaired) electrons. The van der Waals surface area contributed by atoms with Crippen LogP contribution >= 0.6 is 0 Å². The Labute approximate surface area is 171 Å². The van der Waals surface area contributed by atoms with Gasteiger partial charge in [0.25, 0.3) is 5.56 Å². The summed E-state index contributed by atoms with van der Waals surface area (Å²) < 4.78 is 0. The van der Waals surface area contributed by atoms with E-state index < -0.39 is 21.9 Å². The minimum Gasteiger partial charge on any atom is -0.507 e. The van der Waals surface area contributed by atoms with Crippen molar-refractivity contribution in [2.24, 2.45) is 0 Å². The predicted molar refractivity (Wildman–Crippen MR) is 108 cm³/mol. The molecule has 7 N–H and O–H groups in total. The van der Waals surface area contributed by atoms with Gasteiger partial charge in [0.2, 0.25) is 5.75 Å². The van der Waals surface area contributed by atoms with Crippen LogP contribution in [0, 0.1) is 10.1 Å². The van der Waals surface area contributed by atoms with Crippen molar-refractivity contribution in [2.45, 2.75) is 0 Å². The molecule has 13 nitrogen and oxygen atoms in total. The quantitative estimate of drug-likeness (QED) is 0.138. The molecular formula is C18H16N4O9. The second-order valence-corrected chi connectivity index (χ2v) is 5.70. The van der Waals surface area contributed by atoms with Gasteiger partial charge in [0.15, 0.2) is 0 Å². The van der Waals surface area contributed by atoms with Crippen LogP contribution in [-0.2, 0) is 4.99 Å². The monoisotopic (exact) mass is 432 g/mol. The van der Waals surface area contributed by atoms with Crippen LogP contribution in [0.25, 0.3) is 21.8 Å². The van der Waals surface area contributed by atoms with Gasteiger partial charge >= 0.3 is 11.2 Å². The molecule has 4 rings (SSSR count). The van der Waals surface area contributed by atoms with Gasteiger partial charge in [-0.15, -0.1) is 4.99 Å². The van der Waals surface area contributed by atoms with E-state index in [2.05, 4.69) is 15.0 Å². The average molecular weight is 432 g/mol. The van der Waals surface area contributed by atoms with E-state index in [9.17, 15) is 29.9 Å². The molecule has 2 aromatic carbocycles. The first-order valence-corrected chi connectivity index (χ1v) is 8.29. The van der Waals surface area contributed by atoms with E-state index in [1.807, 2.05) is 0 Å². The number of aromatic nitrogens is 2. The molecule has 0 unspecified atom stereocenters. The summed E-state index contributed by atoms with van der Waals surface area (Å²) in [6.07, 6.45) is 0. The van der Waals surface area contributed by atoms with E-state index in [1.165, 1.54) is 12.1 Å². The fourth-order valence-electron chi connectivity index (χ4n) is 2.57. The maximum atomic E-state index is 11.2. The van der Waals surface area contributed by atoms with E-state index in [1.54, 1.807) is 42.5 Å². The van der Waals surface area contributed by atoms with Crippen molar-refractivity contribution in [2.75, 3.05) is 0 Å². The van der Waals surface area contributed by atoms with Gasteiger partial charge in [0.1, 0.15) is 5.75 Å². The van der Waals surface area contributed by atoms with Crippen molar-refractivity contribution in [3.05, 3.63) is 85.4 Å². The predicted octanol–water partition coefficient (Wildman–Crippen LogP) is 1.75. The summed E-state index contributed by atoms with van der Waals surface area (Å²) >= 11 is 0. The number of nitrogens with one attached hydrogen (secondary N) is 3. The molecule has 0 aliphatic heterocycles. The van der Waals surface area contributed by atoms with Crippen molar-refractivity contribution in [3.8, 4) is 11.5 Å². The maximum absolute atomic E-state index is 11.2. The Hall–Kier alpha value is -4.30. The lowest BCUT2D eigenvalue weighted by atomic mass is 10.2. The number of nitrogens with zero attached hydrogens (tertiary/aromatic N) is 1. The number of pyridine rings is 2. The molecule has 2 aromatic heterocycles. The van der Waals surface area contributed by atoms with Crippen molar-refractivity contribution >= 4 is 27.5 Å². The largest absolute Gasteiger partial charge is 0.507 e. The number of hydrogen-bond donors (Lipinski definition) is 7. The molecule has 0 saturated heterocycles. The normalized spacial score (nSPS) is 10.0. The number of aromatic amines is 2. The number of para-hydroxylation sites is 2. The number of aromatic hydroxyl groups is 2. The van der Waals surface area contributed by atoms with Gasteiger partial charge in [-0.2, -0.15) is 0 Å². The molecule has 0 aliphatic carbocycles. The summed E-state index contributed by atoms with van der Waals surface area (Å²) in [4.78, 5) is 39.5. The molecule has 0 fully saturated rings. The Kier molecular flexibility index (Phi) is 7.76. The smallest absolute Gasteiger partial charge is 0.375 e. The van der Waals surface area contributed by atoms with E-state index in [0.29, 0.717) is 16.4 Å². The van der Waals surface area contributed by atoms with Gasteiger partial charge in [-0.25, -0.2) is 5.26 Å². The number of fused-ring (bicyclic) bond motifs is 2. The number of hydrogen-bond acceptors (Lipinski definition) is 10. The molecule has 0 amide bonds. The molecule has 13 heteroatoms. The fourth-order valence-corrected chi connectivity index (χ4v) is 2.57. The van der Waals surface area contributed by atoms with Gasteiger partial charge < -0.3 is 20.2 Å². The number of benzene rings is 2. The number of nitro groups is 1. The summed E-state index contributed by atoms with van der Waals surface area (Å²) in [5, 5.41) is 44.5. The minimum atomic E-state index is -0.906. The van der Waals surface area contributed by atoms with Gasteiger partial charge in [0.05, 0.1) is 16.0 Å². The van der Waals surface area contributed by atoms with Crippen LogP contribution in [0.5, 0.6) is 11.5 Å². The van der Waals surface area contributed by atoms with Crippen molar-refractivity contribution in [1.82, 2.24) is 15.6 Å². The minimum absolute atomic E-state index is 0.0225. The molecule has 31 heavy (non-hydrogen) atoms. The third kappa shape index (κ3) is 5.62. The first kappa shape index (κ1) is 23.0. The molecule has 0 saturated carbocycles. The van der Waals surface area contributed by atoms with Gasteiger partial charge in [-0.1, -0.05) is 24.3 Å². The Morgan fingerprint density at radius 1 is 0.935 bits per heavy atom.